The Bertz CT molecular complexity index is 362. The van der Waals surface area contributed by atoms with Gasteiger partial charge in [0.05, 0.1) is 19.3 Å². The molecule has 0 N–H and O–H groups in total. The van der Waals surface area contributed by atoms with Crippen LogP contribution in [0.5, 0.6) is 5.75 Å². The van der Waals surface area contributed by atoms with Crippen LogP contribution in [-0.2, 0) is 4.74 Å². The number of carbonyl (C=O) groups is 1. The molecule has 4 heteroatoms. The second-order valence-corrected chi connectivity index (χ2v) is 5.11. The van der Waals surface area contributed by atoms with Crippen LogP contribution >= 0.6 is 15.9 Å². The Morgan fingerprint density at radius 2 is 1.68 bits per heavy atom. The minimum absolute atomic E-state index is 0.321. The van der Waals surface area contributed by atoms with E-state index in [1.54, 1.807) is 24.3 Å². The molecule has 3 nitrogen and oxygen atoms in total. The zero-order valence-corrected chi connectivity index (χ0v) is 12.9. The molecule has 0 fully saturated rings. The maximum Gasteiger partial charge on any atom is 0.337 e. The van der Waals surface area contributed by atoms with Crippen LogP contribution in [0.1, 0.15) is 42.5 Å². The van der Waals surface area contributed by atoms with Crippen LogP contribution in [0.4, 0.5) is 0 Å². The van der Waals surface area contributed by atoms with Gasteiger partial charge in [-0.15, -0.1) is 0 Å². The van der Waals surface area contributed by atoms with Crippen LogP contribution in [-0.4, -0.2) is 25.0 Å². The van der Waals surface area contributed by atoms with Crippen molar-refractivity contribution in [3.8, 4) is 5.75 Å². The second kappa shape index (κ2) is 9.84. The number of hydrogen-bond acceptors (Lipinski definition) is 3. The predicted octanol–water partition coefficient (Wildman–Crippen LogP) is 4.20. The number of benzene rings is 1. The minimum atomic E-state index is -0.321. The van der Waals surface area contributed by atoms with Crippen LogP contribution in [0.15, 0.2) is 24.3 Å². The Morgan fingerprint density at radius 3 is 2.32 bits per heavy atom. The van der Waals surface area contributed by atoms with Gasteiger partial charge in [0.15, 0.2) is 0 Å². The number of ether oxygens (including phenoxy) is 2. The highest BCUT2D eigenvalue weighted by Crippen LogP contribution is 2.13. The van der Waals surface area contributed by atoms with Crippen LogP contribution in [0.25, 0.3) is 0 Å². The fourth-order valence-corrected chi connectivity index (χ4v) is 2.12. The molecule has 0 bridgehead atoms. The predicted molar refractivity (Wildman–Crippen MR) is 80.2 cm³/mol. The molecular formula is C15H21BrO3. The molecule has 0 spiro atoms. The highest BCUT2D eigenvalue weighted by atomic mass is 79.9. The lowest BCUT2D eigenvalue weighted by Gasteiger charge is -2.06. The number of rotatable bonds is 9. The third-order valence-corrected chi connectivity index (χ3v) is 3.38. The van der Waals surface area contributed by atoms with Crippen LogP contribution < -0.4 is 4.74 Å². The largest absolute Gasteiger partial charge is 0.494 e. The van der Waals surface area contributed by atoms with Gasteiger partial charge >= 0.3 is 5.97 Å². The third kappa shape index (κ3) is 6.62. The summed E-state index contributed by atoms with van der Waals surface area (Å²) in [6.07, 6.45) is 6.06. The normalized spacial score (nSPS) is 10.2. The number of esters is 1. The number of methoxy groups -OCH3 is 1. The molecule has 106 valence electrons. The smallest absolute Gasteiger partial charge is 0.337 e. The lowest BCUT2D eigenvalue weighted by Crippen LogP contribution is -2.01. The van der Waals surface area contributed by atoms with Gasteiger partial charge in [-0.2, -0.15) is 0 Å². The number of halogens is 1. The summed E-state index contributed by atoms with van der Waals surface area (Å²) in [5.41, 5.74) is 0.546. The molecule has 0 radical (unpaired) electrons. The number of carbonyl (C=O) groups excluding carboxylic acids is 1. The van der Waals surface area contributed by atoms with Gasteiger partial charge in [-0.05, 0) is 37.1 Å². The Hall–Kier alpha value is -1.03. The van der Waals surface area contributed by atoms with E-state index in [1.165, 1.54) is 32.8 Å². The van der Waals surface area contributed by atoms with Gasteiger partial charge in [0, 0.05) is 5.33 Å². The Labute approximate surface area is 123 Å². The van der Waals surface area contributed by atoms with E-state index in [1.807, 2.05) is 0 Å². The first-order valence-corrected chi connectivity index (χ1v) is 7.77. The summed E-state index contributed by atoms with van der Waals surface area (Å²) in [5, 5.41) is 1.09. The standard InChI is InChI=1S/C15H21BrO3/c1-18-15(17)13-7-9-14(10-8-13)19-12-6-4-2-3-5-11-16/h7-10H,2-6,11-12H2,1H3. The molecular weight excluding hydrogens is 308 g/mol. The van der Waals surface area contributed by atoms with Gasteiger partial charge in [0.2, 0.25) is 0 Å². The van der Waals surface area contributed by atoms with Gasteiger partial charge in [0.1, 0.15) is 5.75 Å². The molecule has 0 saturated heterocycles. The molecule has 0 amide bonds. The average Bonchev–Trinajstić information content (AvgIpc) is 2.46. The molecule has 0 atom stereocenters. The van der Waals surface area contributed by atoms with Crippen molar-refractivity contribution in [2.24, 2.45) is 0 Å². The fraction of sp³-hybridized carbons (Fsp3) is 0.533. The molecule has 0 aromatic heterocycles. The van der Waals surface area contributed by atoms with Crippen LogP contribution in [0.3, 0.4) is 0 Å². The maximum atomic E-state index is 11.2. The van der Waals surface area contributed by atoms with Crippen molar-refractivity contribution in [2.75, 3.05) is 19.0 Å². The van der Waals surface area contributed by atoms with Gasteiger partial charge < -0.3 is 9.47 Å². The molecule has 0 aliphatic heterocycles. The van der Waals surface area contributed by atoms with E-state index in [2.05, 4.69) is 20.7 Å². The number of alkyl halides is 1. The Morgan fingerprint density at radius 1 is 1.05 bits per heavy atom. The zero-order chi connectivity index (χ0) is 13.9. The monoisotopic (exact) mass is 328 g/mol. The van der Waals surface area contributed by atoms with Crippen molar-refractivity contribution < 1.29 is 14.3 Å². The molecule has 0 aliphatic rings. The minimum Gasteiger partial charge on any atom is -0.494 e. The van der Waals surface area contributed by atoms with E-state index in [9.17, 15) is 4.79 Å². The highest BCUT2D eigenvalue weighted by Gasteiger charge is 2.04. The lowest BCUT2D eigenvalue weighted by atomic mass is 10.2. The summed E-state index contributed by atoms with van der Waals surface area (Å²) < 4.78 is 10.3. The van der Waals surface area contributed by atoms with Crippen molar-refractivity contribution in [3.63, 3.8) is 0 Å². The lowest BCUT2D eigenvalue weighted by molar-refractivity contribution is 0.0600. The van der Waals surface area contributed by atoms with Gasteiger partial charge in [-0.1, -0.05) is 35.2 Å². The number of hydrogen-bond donors (Lipinski definition) is 0. The van der Waals surface area contributed by atoms with E-state index in [0.717, 1.165) is 24.1 Å². The van der Waals surface area contributed by atoms with E-state index >= 15 is 0 Å². The fourth-order valence-electron chi connectivity index (χ4n) is 1.72. The Balaban J connectivity index is 2.18. The van der Waals surface area contributed by atoms with Crippen molar-refractivity contribution in [3.05, 3.63) is 29.8 Å². The molecule has 1 rings (SSSR count). The summed E-state index contributed by atoms with van der Waals surface area (Å²) >= 11 is 3.43. The van der Waals surface area contributed by atoms with E-state index < -0.39 is 0 Å². The molecule has 0 heterocycles. The molecule has 1 aromatic rings. The van der Waals surface area contributed by atoms with Crippen molar-refractivity contribution in [1.82, 2.24) is 0 Å². The van der Waals surface area contributed by atoms with E-state index in [-0.39, 0.29) is 5.97 Å². The van der Waals surface area contributed by atoms with Crippen LogP contribution in [0.2, 0.25) is 0 Å². The average molecular weight is 329 g/mol. The van der Waals surface area contributed by atoms with Crippen molar-refractivity contribution in [2.45, 2.75) is 32.1 Å². The summed E-state index contributed by atoms with van der Waals surface area (Å²) in [7, 11) is 1.38. The number of unbranched alkanes of at least 4 members (excludes halogenated alkanes) is 4. The van der Waals surface area contributed by atoms with Gasteiger partial charge in [-0.3, -0.25) is 0 Å². The van der Waals surface area contributed by atoms with E-state index in [4.69, 9.17) is 4.74 Å². The quantitative estimate of drug-likeness (QED) is 0.387. The topological polar surface area (TPSA) is 35.5 Å². The maximum absolute atomic E-state index is 11.2. The zero-order valence-electron chi connectivity index (χ0n) is 11.4. The Kier molecular flexibility index (Phi) is 8.30. The summed E-state index contributed by atoms with van der Waals surface area (Å²) in [6.45, 7) is 0.728. The van der Waals surface area contributed by atoms with E-state index in [0.29, 0.717) is 5.56 Å². The van der Waals surface area contributed by atoms with Crippen molar-refractivity contribution >= 4 is 21.9 Å². The third-order valence-electron chi connectivity index (χ3n) is 2.82. The summed E-state index contributed by atoms with van der Waals surface area (Å²) in [5.74, 6) is 0.478. The first-order valence-electron chi connectivity index (χ1n) is 6.65. The summed E-state index contributed by atoms with van der Waals surface area (Å²) in [6, 6.07) is 7.04. The summed E-state index contributed by atoms with van der Waals surface area (Å²) in [4.78, 5) is 11.2. The molecule has 19 heavy (non-hydrogen) atoms. The van der Waals surface area contributed by atoms with Crippen molar-refractivity contribution in [1.29, 1.82) is 0 Å². The van der Waals surface area contributed by atoms with Gasteiger partial charge in [-0.25, -0.2) is 4.79 Å². The molecule has 0 unspecified atom stereocenters. The van der Waals surface area contributed by atoms with Gasteiger partial charge in [0.25, 0.3) is 0 Å². The van der Waals surface area contributed by atoms with Crippen LogP contribution in [0, 0.1) is 0 Å². The first-order chi connectivity index (χ1) is 9.27. The highest BCUT2D eigenvalue weighted by molar-refractivity contribution is 9.09. The molecule has 1 aromatic carbocycles. The molecule has 0 saturated carbocycles. The SMILES string of the molecule is COC(=O)c1ccc(OCCCCCCCBr)cc1. The second-order valence-electron chi connectivity index (χ2n) is 4.32. The first kappa shape index (κ1) is 16.0. The molecule has 0 aliphatic carbocycles.